The van der Waals surface area contributed by atoms with E-state index in [9.17, 15) is 4.79 Å². The van der Waals surface area contributed by atoms with E-state index in [-0.39, 0.29) is 17.9 Å². The van der Waals surface area contributed by atoms with Crippen molar-refractivity contribution >= 4 is 34.7 Å². The molecule has 0 spiro atoms. The number of nitrogens with one attached hydrogen (secondary N) is 2. The van der Waals surface area contributed by atoms with Gasteiger partial charge in [0.05, 0.1) is 0 Å². The van der Waals surface area contributed by atoms with Gasteiger partial charge in [0.2, 0.25) is 18.6 Å². The molecule has 33 heavy (non-hydrogen) atoms. The molecule has 4 aromatic rings. The lowest BCUT2D eigenvalue weighted by Crippen LogP contribution is -2.41. The number of amides is 1. The first-order chi connectivity index (χ1) is 16.1. The number of rotatable bonds is 8. The van der Waals surface area contributed by atoms with Crippen LogP contribution in [0.3, 0.4) is 0 Å². The van der Waals surface area contributed by atoms with E-state index >= 15 is 0 Å². The van der Waals surface area contributed by atoms with Gasteiger partial charge in [-0.15, -0.1) is 11.3 Å². The highest BCUT2D eigenvalue weighted by atomic mass is 35.5. The number of nitrogens with zero attached hydrogens (tertiary/aromatic N) is 4. The number of carbonyl (C=O) groups is 1. The quantitative estimate of drug-likeness (QED) is 0.371. The lowest BCUT2D eigenvalue weighted by Gasteiger charge is -2.19. The SMILES string of the molecule is O=C(NCc1ccc2c(c1)OCO2)C(Cc1cccs1)Nc1cc(Cl)nc(-n2ccnc2)n1. The van der Waals surface area contributed by atoms with Gasteiger partial charge in [0.1, 0.15) is 23.3 Å². The van der Waals surface area contributed by atoms with Crippen molar-refractivity contribution in [2.24, 2.45) is 0 Å². The maximum absolute atomic E-state index is 13.2. The first-order valence-electron chi connectivity index (χ1n) is 10.1. The van der Waals surface area contributed by atoms with Crippen LogP contribution in [0.2, 0.25) is 5.15 Å². The number of benzene rings is 1. The number of hydrogen-bond acceptors (Lipinski definition) is 8. The molecule has 0 saturated carbocycles. The van der Waals surface area contributed by atoms with Crippen molar-refractivity contribution in [1.82, 2.24) is 24.8 Å². The van der Waals surface area contributed by atoms with Gasteiger partial charge in [-0.25, -0.2) is 9.97 Å². The number of imidazole rings is 1. The molecule has 1 amide bonds. The first-order valence-corrected chi connectivity index (χ1v) is 11.4. The van der Waals surface area contributed by atoms with Crippen LogP contribution in [0.25, 0.3) is 5.95 Å². The number of halogens is 1. The summed E-state index contributed by atoms with van der Waals surface area (Å²) in [5, 5.41) is 8.45. The standard InChI is InChI=1S/C22H19ClN6O3S/c23-19-10-20(28-22(27-19)29-6-5-24-12-29)26-16(9-15-2-1-7-33-15)21(30)25-11-14-3-4-17-18(8-14)32-13-31-17/h1-8,10,12,16H,9,11,13H2,(H,25,30)(H,26,27,28). The molecule has 11 heteroatoms. The van der Waals surface area contributed by atoms with Crippen LogP contribution in [-0.4, -0.2) is 38.3 Å². The Hall–Kier alpha value is -3.63. The number of aromatic nitrogens is 4. The molecule has 1 aromatic carbocycles. The highest BCUT2D eigenvalue weighted by molar-refractivity contribution is 7.09. The molecule has 5 rings (SSSR count). The zero-order valence-corrected chi connectivity index (χ0v) is 18.8. The molecule has 9 nitrogen and oxygen atoms in total. The van der Waals surface area contributed by atoms with Gasteiger partial charge < -0.3 is 20.1 Å². The summed E-state index contributed by atoms with van der Waals surface area (Å²) in [4.78, 5) is 27.0. The van der Waals surface area contributed by atoms with Gasteiger partial charge in [-0.2, -0.15) is 4.98 Å². The van der Waals surface area contributed by atoms with Crippen LogP contribution in [0.5, 0.6) is 11.5 Å². The van der Waals surface area contributed by atoms with Gasteiger partial charge in [0.25, 0.3) is 0 Å². The van der Waals surface area contributed by atoms with Gasteiger partial charge in [-0.3, -0.25) is 9.36 Å². The molecule has 1 aliphatic rings. The third-order valence-corrected chi connectivity index (χ3v) is 6.04. The van der Waals surface area contributed by atoms with Crippen LogP contribution < -0.4 is 20.1 Å². The van der Waals surface area contributed by atoms with Crippen molar-refractivity contribution in [3.8, 4) is 17.4 Å². The Labute approximate surface area is 198 Å². The normalized spacial score (nSPS) is 13.0. The summed E-state index contributed by atoms with van der Waals surface area (Å²) in [6.07, 6.45) is 5.42. The molecule has 4 heterocycles. The van der Waals surface area contributed by atoms with Crippen molar-refractivity contribution in [3.05, 3.63) is 76.1 Å². The predicted molar refractivity (Wildman–Crippen MR) is 124 cm³/mol. The van der Waals surface area contributed by atoms with E-state index in [0.29, 0.717) is 36.2 Å². The van der Waals surface area contributed by atoms with Crippen LogP contribution >= 0.6 is 22.9 Å². The monoisotopic (exact) mass is 482 g/mol. The Kier molecular flexibility index (Phi) is 6.09. The average Bonchev–Trinajstić information content (AvgIpc) is 3.59. The summed E-state index contributed by atoms with van der Waals surface area (Å²) in [6.45, 7) is 0.559. The van der Waals surface area contributed by atoms with Gasteiger partial charge in [0, 0.05) is 36.3 Å². The van der Waals surface area contributed by atoms with Crippen LogP contribution in [0, 0.1) is 0 Å². The summed E-state index contributed by atoms with van der Waals surface area (Å²) in [6, 6.07) is 10.6. The molecule has 1 atom stereocenters. The van der Waals surface area contributed by atoms with E-state index in [1.807, 2.05) is 35.7 Å². The molecule has 0 radical (unpaired) electrons. The zero-order chi connectivity index (χ0) is 22.6. The second-order valence-electron chi connectivity index (χ2n) is 7.23. The van der Waals surface area contributed by atoms with Crippen molar-refractivity contribution in [3.63, 3.8) is 0 Å². The molecule has 168 valence electrons. The third-order valence-electron chi connectivity index (χ3n) is 4.95. The summed E-state index contributed by atoms with van der Waals surface area (Å²) in [5.41, 5.74) is 0.912. The topological polar surface area (TPSA) is 103 Å². The first kappa shape index (κ1) is 21.2. The highest BCUT2D eigenvalue weighted by Gasteiger charge is 2.21. The molecule has 2 N–H and O–H groups in total. The van der Waals surface area contributed by atoms with Crippen molar-refractivity contribution < 1.29 is 14.3 Å². The van der Waals surface area contributed by atoms with Gasteiger partial charge in [0.15, 0.2) is 11.5 Å². The Bertz CT molecular complexity index is 1250. The third kappa shape index (κ3) is 5.07. The highest BCUT2D eigenvalue weighted by Crippen LogP contribution is 2.32. The lowest BCUT2D eigenvalue weighted by atomic mass is 10.1. The van der Waals surface area contributed by atoms with Crippen molar-refractivity contribution in [2.45, 2.75) is 19.0 Å². The number of fused-ring (bicyclic) bond motifs is 1. The van der Waals surface area contributed by atoms with Crippen LogP contribution in [0.15, 0.2) is 60.5 Å². The summed E-state index contributed by atoms with van der Waals surface area (Å²) in [5.74, 6) is 2.02. The maximum Gasteiger partial charge on any atom is 0.243 e. The fraction of sp³-hybridized carbons (Fsp3) is 0.182. The number of hydrogen-bond donors (Lipinski definition) is 2. The minimum Gasteiger partial charge on any atom is -0.454 e. The van der Waals surface area contributed by atoms with E-state index in [1.165, 1.54) is 0 Å². The van der Waals surface area contributed by atoms with E-state index < -0.39 is 6.04 Å². The number of thiophene rings is 1. The van der Waals surface area contributed by atoms with Crippen LogP contribution in [0.4, 0.5) is 5.82 Å². The molecular formula is C22H19ClN6O3S. The van der Waals surface area contributed by atoms with Gasteiger partial charge in [-0.05, 0) is 29.1 Å². The molecule has 1 unspecified atom stereocenters. The van der Waals surface area contributed by atoms with E-state index in [1.54, 1.807) is 40.7 Å². The number of anilines is 1. The molecular weight excluding hydrogens is 464 g/mol. The molecule has 3 aromatic heterocycles. The molecule has 0 saturated heterocycles. The predicted octanol–water partition coefficient (Wildman–Crippen LogP) is 3.45. The maximum atomic E-state index is 13.2. The van der Waals surface area contributed by atoms with Crippen LogP contribution in [0.1, 0.15) is 10.4 Å². The largest absolute Gasteiger partial charge is 0.454 e. The van der Waals surface area contributed by atoms with Crippen molar-refractivity contribution in [2.75, 3.05) is 12.1 Å². The average molecular weight is 483 g/mol. The second kappa shape index (κ2) is 9.47. The second-order valence-corrected chi connectivity index (χ2v) is 8.65. The van der Waals surface area contributed by atoms with Gasteiger partial charge in [-0.1, -0.05) is 23.7 Å². The minimum atomic E-state index is -0.570. The lowest BCUT2D eigenvalue weighted by molar-refractivity contribution is -0.122. The summed E-state index contributed by atoms with van der Waals surface area (Å²) < 4.78 is 12.4. The zero-order valence-electron chi connectivity index (χ0n) is 17.3. The Morgan fingerprint density at radius 1 is 1.21 bits per heavy atom. The fourth-order valence-electron chi connectivity index (χ4n) is 3.35. The van der Waals surface area contributed by atoms with E-state index in [4.69, 9.17) is 21.1 Å². The Balaban J connectivity index is 1.33. The fourth-order valence-corrected chi connectivity index (χ4v) is 4.28. The Morgan fingerprint density at radius 3 is 2.94 bits per heavy atom. The van der Waals surface area contributed by atoms with Crippen LogP contribution in [-0.2, 0) is 17.8 Å². The van der Waals surface area contributed by atoms with Crippen molar-refractivity contribution in [1.29, 1.82) is 0 Å². The minimum absolute atomic E-state index is 0.167. The molecule has 0 bridgehead atoms. The summed E-state index contributed by atoms with van der Waals surface area (Å²) in [7, 11) is 0. The Morgan fingerprint density at radius 2 is 2.12 bits per heavy atom. The van der Waals surface area contributed by atoms with Gasteiger partial charge >= 0.3 is 0 Å². The molecule has 0 fully saturated rings. The molecule has 0 aliphatic carbocycles. The number of carbonyl (C=O) groups excluding carboxylic acids is 1. The van der Waals surface area contributed by atoms with E-state index in [2.05, 4.69) is 25.6 Å². The van der Waals surface area contributed by atoms with E-state index in [0.717, 1.165) is 10.4 Å². The smallest absolute Gasteiger partial charge is 0.243 e. The number of ether oxygens (including phenoxy) is 2. The molecule has 1 aliphatic heterocycles. The summed E-state index contributed by atoms with van der Waals surface area (Å²) >= 11 is 7.80.